The summed E-state index contributed by atoms with van der Waals surface area (Å²) in [5.74, 6) is 2.97. The van der Waals surface area contributed by atoms with E-state index in [1.165, 1.54) is 0 Å². The normalized spacial score (nSPS) is 10.4. The molecule has 0 atom stereocenters. The average Bonchev–Trinajstić information content (AvgIpc) is 2.45. The van der Waals surface area contributed by atoms with E-state index in [-0.39, 0.29) is 0 Å². The minimum absolute atomic E-state index is 0.441. The molecule has 0 amide bonds. The molecule has 0 unspecified atom stereocenters. The lowest BCUT2D eigenvalue weighted by Crippen LogP contribution is -2.04. The maximum Gasteiger partial charge on any atom is 0.227 e. The Morgan fingerprint density at radius 1 is 1.30 bits per heavy atom. The Kier molecular flexibility index (Phi) is 4.44. The molecule has 0 radical (unpaired) electrons. The lowest BCUT2D eigenvalue weighted by atomic mass is 10.3. The number of nitrogen functional groups attached to an aromatic ring is 1. The van der Waals surface area contributed by atoms with Gasteiger partial charge in [0.05, 0.1) is 17.1 Å². The fourth-order valence-corrected chi connectivity index (χ4v) is 2.05. The molecule has 2 N–H and O–H groups in total. The smallest absolute Gasteiger partial charge is 0.227 e. The van der Waals surface area contributed by atoms with Gasteiger partial charge in [0.15, 0.2) is 0 Å². The van der Waals surface area contributed by atoms with Gasteiger partial charge in [-0.2, -0.15) is 4.98 Å². The SMILES string of the molecule is CCc1nc(N)c(C)c(Oc2ccc(OC)cc2Br)n1. The highest BCUT2D eigenvalue weighted by molar-refractivity contribution is 9.10. The lowest BCUT2D eigenvalue weighted by molar-refractivity contribution is 0.411. The van der Waals surface area contributed by atoms with Crippen molar-refractivity contribution in [3.05, 3.63) is 34.1 Å². The summed E-state index contributed by atoms with van der Waals surface area (Å²) in [4.78, 5) is 8.56. The molecule has 2 rings (SSSR count). The Bertz CT molecular complexity index is 632. The van der Waals surface area contributed by atoms with E-state index < -0.39 is 0 Å². The first-order chi connectivity index (χ1) is 9.55. The van der Waals surface area contributed by atoms with Crippen molar-refractivity contribution in [2.75, 3.05) is 12.8 Å². The summed E-state index contributed by atoms with van der Waals surface area (Å²) in [7, 11) is 1.62. The van der Waals surface area contributed by atoms with Crippen LogP contribution in [-0.2, 0) is 6.42 Å². The van der Waals surface area contributed by atoms with Crippen LogP contribution in [0.15, 0.2) is 22.7 Å². The second kappa shape index (κ2) is 6.09. The molecule has 2 aromatic rings. The fourth-order valence-electron chi connectivity index (χ4n) is 1.61. The molecule has 0 bridgehead atoms. The number of hydrogen-bond donors (Lipinski definition) is 1. The van der Waals surface area contributed by atoms with E-state index in [1.54, 1.807) is 7.11 Å². The van der Waals surface area contributed by atoms with E-state index in [0.717, 1.165) is 15.8 Å². The third kappa shape index (κ3) is 3.01. The largest absolute Gasteiger partial charge is 0.497 e. The Balaban J connectivity index is 2.37. The molecule has 0 spiro atoms. The molecule has 1 aromatic heterocycles. The Morgan fingerprint density at radius 3 is 2.65 bits per heavy atom. The van der Waals surface area contributed by atoms with Crippen LogP contribution in [0, 0.1) is 6.92 Å². The molecular weight excluding hydrogens is 322 g/mol. The summed E-state index contributed by atoms with van der Waals surface area (Å²) < 4.78 is 11.8. The van der Waals surface area contributed by atoms with Crippen LogP contribution in [0.25, 0.3) is 0 Å². The predicted molar refractivity (Wildman–Crippen MR) is 81.3 cm³/mol. The molecule has 0 aliphatic carbocycles. The van der Waals surface area contributed by atoms with E-state index >= 15 is 0 Å². The summed E-state index contributed by atoms with van der Waals surface area (Å²) in [6.45, 7) is 3.80. The van der Waals surface area contributed by atoms with Crippen LogP contribution in [0.2, 0.25) is 0 Å². The van der Waals surface area contributed by atoms with Crippen molar-refractivity contribution in [3.63, 3.8) is 0 Å². The second-order valence-corrected chi connectivity index (χ2v) is 5.06. The molecule has 106 valence electrons. The summed E-state index contributed by atoms with van der Waals surface area (Å²) in [5, 5.41) is 0. The van der Waals surface area contributed by atoms with Crippen molar-refractivity contribution in [1.29, 1.82) is 0 Å². The minimum atomic E-state index is 0.441. The number of hydrogen-bond acceptors (Lipinski definition) is 5. The number of benzene rings is 1. The molecule has 0 saturated heterocycles. The molecule has 20 heavy (non-hydrogen) atoms. The van der Waals surface area contributed by atoms with Gasteiger partial charge < -0.3 is 15.2 Å². The van der Waals surface area contributed by atoms with Gasteiger partial charge in [-0.15, -0.1) is 0 Å². The van der Waals surface area contributed by atoms with Gasteiger partial charge in [0.1, 0.15) is 23.1 Å². The van der Waals surface area contributed by atoms with Crippen molar-refractivity contribution in [1.82, 2.24) is 9.97 Å². The fraction of sp³-hybridized carbons (Fsp3) is 0.286. The van der Waals surface area contributed by atoms with E-state index in [0.29, 0.717) is 29.7 Å². The van der Waals surface area contributed by atoms with Gasteiger partial charge in [-0.05, 0) is 41.1 Å². The zero-order valence-corrected chi connectivity index (χ0v) is 13.2. The second-order valence-electron chi connectivity index (χ2n) is 4.21. The number of ether oxygens (including phenoxy) is 2. The van der Waals surface area contributed by atoms with Crippen LogP contribution in [0.5, 0.6) is 17.4 Å². The monoisotopic (exact) mass is 337 g/mol. The summed E-state index contributed by atoms with van der Waals surface area (Å²) in [5.41, 5.74) is 6.60. The lowest BCUT2D eigenvalue weighted by Gasteiger charge is -2.12. The Hall–Kier alpha value is -1.82. The van der Waals surface area contributed by atoms with Crippen molar-refractivity contribution >= 4 is 21.7 Å². The number of aromatic nitrogens is 2. The summed E-state index contributed by atoms with van der Waals surface area (Å²) in [6, 6.07) is 5.46. The molecular formula is C14H16BrN3O2. The number of anilines is 1. The number of halogens is 1. The molecule has 0 aliphatic heterocycles. The summed E-state index contributed by atoms with van der Waals surface area (Å²) >= 11 is 3.44. The van der Waals surface area contributed by atoms with E-state index in [4.69, 9.17) is 15.2 Å². The van der Waals surface area contributed by atoms with Crippen LogP contribution in [0.4, 0.5) is 5.82 Å². The minimum Gasteiger partial charge on any atom is -0.497 e. The third-order valence-corrected chi connectivity index (χ3v) is 3.47. The molecule has 0 saturated carbocycles. The first-order valence-corrected chi connectivity index (χ1v) is 6.98. The van der Waals surface area contributed by atoms with E-state index in [2.05, 4.69) is 25.9 Å². The Morgan fingerprint density at radius 2 is 2.05 bits per heavy atom. The molecule has 5 nitrogen and oxygen atoms in total. The number of methoxy groups -OCH3 is 1. The van der Waals surface area contributed by atoms with Crippen LogP contribution >= 0.6 is 15.9 Å². The highest BCUT2D eigenvalue weighted by atomic mass is 79.9. The van der Waals surface area contributed by atoms with Crippen molar-refractivity contribution in [3.8, 4) is 17.4 Å². The van der Waals surface area contributed by atoms with E-state index in [9.17, 15) is 0 Å². The van der Waals surface area contributed by atoms with Gasteiger partial charge >= 0.3 is 0 Å². The Labute approximate surface area is 126 Å². The average molecular weight is 338 g/mol. The highest BCUT2D eigenvalue weighted by Gasteiger charge is 2.12. The number of aryl methyl sites for hydroxylation is 1. The van der Waals surface area contributed by atoms with E-state index in [1.807, 2.05) is 32.0 Å². The van der Waals surface area contributed by atoms with Gasteiger partial charge in [-0.1, -0.05) is 6.92 Å². The quantitative estimate of drug-likeness (QED) is 0.924. The number of nitrogens with zero attached hydrogens (tertiary/aromatic N) is 2. The third-order valence-electron chi connectivity index (χ3n) is 2.85. The van der Waals surface area contributed by atoms with Gasteiger partial charge in [-0.3, -0.25) is 0 Å². The maximum atomic E-state index is 5.87. The number of nitrogens with two attached hydrogens (primary N) is 1. The van der Waals surface area contributed by atoms with Crippen molar-refractivity contribution < 1.29 is 9.47 Å². The summed E-state index contributed by atoms with van der Waals surface area (Å²) in [6.07, 6.45) is 0.699. The molecule has 0 fully saturated rings. The molecule has 6 heteroatoms. The predicted octanol–water partition coefficient (Wildman–Crippen LogP) is 3.49. The standard InChI is InChI=1S/C14H16BrN3O2/c1-4-12-17-13(16)8(2)14(18-12)20-11-6-5-9(19-3)7-10(11)15/h5-7H,4H2,1-3H3,(H2,16,17,18). The van der Waals surface area contributed by atoms with Crippen LogP contribution < -0.4 is 15.2 Å². The zero-order valence-electron chi connectivity index (χ0n) is 11.6. The maximum absolute atomic E-state index is 5.87. The van der Waals surface area contributed by atoms with Gasteiger partial charge in [0.25, 0.3) is 0 Å². The molecule has 1 aromatic carbocycles. The topological polar surface area (TPSA) is 70.3 Å². The first kappa shape index (κ1) is 14.6. The van der Waals surface area contributed by atoms with Crippen molar-refractivity contribution in [2.24, 2.45) is 0 Å². The van der Waals surface area contributed by atoms with Gasteiger partial charge in [-0.25, -0.2) is 4.98 Å². The zero-order chi connectivity index (χ0) is 14.7. The first-order valence-electron chi connectivity index (χ1n) is 6.19. The van der Waals surface area contributed by atoms with Crippen LogP contribution in [0.1, 0.15) is 18.3 Å². The molecule has 0 aliphatic rings. The molecule has 1 heterocycles. The van der Waals surface area contributed by atoms with Gasteiger partial charge in [0, 0.05) is 6.42 Å². The highest BCUT2D eigenvalue weighted by Crippen LogP contribution is 2.33. The van der Waals surface area contributed by atoms with Crippen LogP contribution in [-0.4, -0.2) is 17.1 Å². The number of rotatable bonds is 4. The van der Waals surface area contributed by atoms with Crippen molar-refractivity contribution in [2.45, 2.75) is 20.3 Å². The van der Waals surface area contributed by atoms with Gasteiger partial charge in [0.2, 0.25) is 5.88 Å². The van der Waals surface area contributed by atoms with Crippen LogP contribution in [0.3, 0.4) is 0 Å².